The van der Waals surface area contributed by atoms with Gasteiger partial charge in [0.15, 0.2) is 6.29 Å². The van der Waals surface area contributed by atoms with E-state index in [4.69, 9.17) is 17.3 Å². The summed E-state index contributed by atoms with van der Waals surface area (Å²) < 4.78 is 37.7. The first kappa shape index (κ1) is 15.7. The van der Waals surface area contributed by atoms with E-state index < -0.39 is 23.2 Å². The lowest BCUT2D eigenvalue weighted by Gasteiger charge is -2.23. The molecule has 0 saturated carbocycles. The topological polar surface area (TPSA) is 62.4 Å². The van der Waals surface area contributed by atoms with E-state index in [-0.39, 0.29) is 6.04 Å². The highest BCUT2D eigenvalue weighted by atomic mass is 35.5. The summed E-state index contributed by atoms with van der Waals surface area (Å²) in [5, 5.41) is 4.88. The summed E-state index contributed by atoms with van der Waals surface area (Å²) in [7, 11) is 0. The van der Waals surface area contributed by atoms with Crippen molar-refractivity contribution in [1.82, 2.24) is 5.32 Å². The van der Waals surface area contributed by atoms with E-state index in [9.17, 15) is 13.2 Å². The quantitative estimate of drug-likeness (QED) is 0.751. The van der Waals surface area contributed by atoms with Gasteiger partial charge in [0.25, 0.3) is 0 Å². The molecule has 4 nitrogen and oxygen atoms in total. The summed E-state index contributed by atoms with van der Waals surface area (Å²) in [6.07, 6.45) is -4.57. The molecule has 2 atom stereocenters. The molecule has 1 unspecified atom stereocenters. The second kappa shape index (κ2) is 5.95. The van der Waals surface area contributed by atoms with Crippen LogP contribution in [0.5, 0.6) is 0 Å². The van der Waals surface area contributed by atoms with Gasteiger partial charge in [-0.15, -0.1) is 0 Å². The maximum atomic E-state index is 12.6. The molecule has 114 valence electrons. The van der Waals surface area contributed by atoms with E-state index in [0.29, 0.717) is 11.9 Å². The monoisotopic (exact) mass is 318 g/mol. The Hall–Kier alpha value is -1.73. The average molecular weight is 319 g/mol. The smallest absolute Gasteiger partial charge is 0.347 e. The number of nitrogens with zero attached hydrogens (tertiary/aromatic N) is 1. The van der Waals surface area contributed by atoms with Gasteiger partial charge >= 0.3 is 6.18 Å². The van der Waals surface area contributed by atoms with Crippen molar-refractivity contribution in [1.29, 1.82) is 0 Å². The number of alkyl halides is 3. The molecule has 1 aliphatic heterocycles. The molecule has 21 heavy (non-hydrogen) atoms. The average Bonchev–Trinajstić information content (AvgIpc) is 2.37. The van der Waals surface area contributed by atoms with Crippen LogP contribution < -0.4 is 16.4 Å². The zero-order chi connectivity index (χ0) is 15.6. The summed E-state index contributed by atoms with van der Waals surface area (Å²) in [6.45, 7) is 1.86. The van der Waals surface area contributed by atoms with E-state index in [1.54, 1.807) is 12.1 Å². The number of aliphatic imine (C=N–C) groups is 1. The third-order valence-corrected chi connectivity index (χ3v) is 3.21. The maximum Gasteiger partial charge on any atom is 0.420 e. The third-order valence-electron chi connectivity index (χ3n) is 2.90. The minimum absolute atomic E-state index is 0.0865. The van der Waals surface area contributed by atoms with Crippen LogP contribution in [-0.4, -0.2) is 18.7 Å². The SMILES string of the molecule is C[C@@H](N)c1ccc(NC2N=CC(C(F)(F)F)=C(Cl)N2)cc1. The van der Waals surface area contributed by atoms with Crippen LogP contribution in [0.2, 0.25) is 0 Å². The zero-order valence-electron chi connectivity index (χ0n) is 11.1. The maximum absolute atomic E-state index is 12.6. The van der Waals surface area contributed by atoms with Crippen molar-refractivity contribution < 1.29 is 13.2 Å². The second-order valence-corrected chi connectivity index (χ2v) is 4.98. The Morgan fingerprint density at radius 1 is 1.33 bits per heavy atom. The lowest BCUT2D eigenvalue weighted by molar-refractivity contribution is -0.0865. The molecule has 0 aliphatic carbocycles. The molecule has 1 aromatic rings. The Balaban J connectivity index is 2.04. The largest absolute Gasteiger partial charge is 0.420 e. The van der Waals surface area contributed by atoms with Gasteiger partial charge in [-0.1, -0.05) is 23.7 Å². The number of hydrogen-bond acceptors (Lipinski definition) is 4. The first-order valence-corrected chi connectivity index (χ1v) is 6.54. The van der Waals surface area contributed by atoms with Crippen molar-refractivity contribution in [2.45, 2.75) is 25.4 Å². The summed E-state index contributed by atoms with van der Waals surface area (Å²) in [5.41, 5.74) is 6.39. The van der Waals surface area contributed by atoms with Crippen molar-refractivity contribution in [3.63, 3.8) is 0 Å². The molecular weight excluding hydrogens is 305 g/mol. The van der Waals surface area contributed by atoms with Crippen LogP contribution in [0.25, 0.3) is 0 Å². The molecule has 4 N–H and O–H groups in total. The molecule has 0 aromatic heterocycles. The number of benzene rings is 1. The number of hydrogen-bond donors (Lipinski definition) is 3. The van der Waals surface area contributed by atoms with Crippen LogP contribution in [0.1, 0.15) is 18.5 Å². The molecule has 0 saturated heterocycles. The molecule has 0 spiro atoms. The van der Waals surface area contributed by atoms with Gasteiger partial charge < -0.3 is 16.4 Å². The Morgan fingerprint density at radius 3 is 2.43 bits per heavy atom. The number of nitrogens with one attached hydrogen (secondary N) is 2. The first-order chi connectivity index (χ1) is 9.77. The van der Waals surface area contributed by atoms with Gasteiger partial charge in [0, 0.05) is 17.9 Å². The van der Waals surface area contributed by atoms with E-state index in [1.807, 2.05) is 19.1 Å². The van der Waals surface area contributed by atoms with Gasteiger partial charge in [0.2, 0.25) is 0 Å². The summed E-state index contributed by atoms with van der Waals surface area (Å²) in [5.74, 6) is 0. The highest BCUT2D eigenvalue weighted by molar-refractivity contribution is 6.31. The first-order valence-electron chi connectivity index (χ1n) is 6.16. The minimum atomic E-state index is -4.53. The third kappa shape index (κ3) is 3.89. The summed E-state index contributed by atoms with van der Waals surface area (Å²) in [4.78, 5) is 3.75. The minimum Gasteiger partial charge on any atom is -0.347 e. The fourth-order valence-corrected chi connectivity index (χ4v) is 2.01. The van der Waals surface area contributed by atoms with E-state index in [1.165, 1.54) is 0 Å². The molecule has 0 radical (unpaired) electrons. The second-order valence-electron chi connectivity index (χ2n) is 4.61. The van der Waals surface area contributed by atoms with Crippen molar-refractivity contribution in [3.05, 3.63) is 40.6 Å². The van der Waals surface area contributed by atoms with Gasteiger partial charge in [0.1, 0.15) is 10.7 Å². The molecule has 2 rings (SSSR count). The lowest BCUT2D eigenvalue weighted by Crippen LogP contribution is -2.38. The van der Waals surface area contributed by atoms with Gasteiger partial charge in [0.05, 0.1) is 0 Å². The van der Waals surface area contributed by atoms with E-state index in [0.717, 1.165) is 5.56 Å². The molecule has 0 amide bonds. The molecule has 1 aromatic carbocycles. The van der Waals surface area contributed by atoms with Crippen molar-refractivity contribution >= 4 is 23.5 Å². The summed E-state index contributed by atoms with van der Waals surface area (Å²) in [6, 6.07) is 7.12. The summed E-state index contributed by atoms with van der Waals surface area (Å²) >= 11 is 5.60. The fraction of sp³-hybridized carbons (Fsp3) is 0.308. The van der Waals surface area contributed by atoms with Gasteiger partial charge in [-0.3, -0.25) is 0 Å². The van der Waals surface area contributed by atoms with Crippen LogP contribution in [0, 0.1) is 0 Å². The standard InChI is InChI=1S/C13H14ClF3N4/c1-7(18)8-2-4-9(5-3-8)20-12-19-6-10(11(14)21-12)13(15,16)17/h2-7,12,20-21H,18H2,1H3/t7-,12?/m1/s1. The van der Waals surface area contributed by atoms with Gasteiger partial charge in [-0.25, -0.2) is 4.99 Å². The highest BCUT2D eigenvalue weighted by Crippen LogP contribution is 2.29. The predicted molar refractivity (Wildman–Crippen MR) is 77.0 cm³/mol. The molecule has 1 heterocycles. The number of rotatable bonds is 3. The molecule has 8 heteroatoms. The Kier molecular flexibility index (Phi) is 4.43. The van der Waals surface area contributed by atoms with E-state index >= 15 is 0 Å². The van der Waals surface area contributed by atoms with Crippen molar-refractivity contribution in [2.24, 2.45) is 10.7 Å². The Bertz CT molecular complexity index is 564. The number of anilines is 1. The Morgan fingerprint density at radius 2 is 1.95 bits per heavy atom. The molecule has 1 aliphatic rings. The van der Waals surface area contributed by atoms with Crippen LogP contribution in [0.15, 0.2) is 40.0 Å². The Labute approximate surface area is 124 Å². The van der Waals surface area contributed by atoms with Crippen LogP contribution in [0.4, 0.5) is 18.9 Å². The molecular formula is C13H14ClF3N4. The van der Waals surface area contributed by atoms with Gasteiger partial charge in [-0.05, 0) is 24.6 Å². The van der Waals surface area contributed by atoms with Crippen LogP contribution >= 0.6 is 11.6 Å². The van der Waals surface area contributed by atoms with Crippen LogP contribution in [0.3, 0.4) is 0 Å². The van der Waals surface area contributed by atoms with Crippen molar-refractivity contribution in [2.75, 3.05) is 5.32 Å². The zero-order valence-corrected chi connectivity index (χ0v) is 11.8. The fourth-order valence-electron chi connectivity index (χ4n) is 1.75. The van der Waals surface area contributed by atoms with Gasteiger partial charge in [-0.2, -0.15) is 13.2 Å². The number of halogens is 4. The van der Waals surface area contributed by atoms with E-state index in [2.05, 4.69) is 15.6 Å². The normalized spacial score (nSPS) is 20.2. The predicted octanol–water partition coefficient (Wildman–Crippen LogP) is 3.09. The van der Waals surface area contributed by atoms with Crippen molar-refractivity contribution in [3.8, 4) is 0 Å². The molecule has 0 bridgehead atoms. The lowest BCUT2D eigenvalue weighted by atomic mass is 10.1. The van der Waals surface area contributed by atoms with Crippen LogP contribution in [-0.2, 0) is 0 Å². The number of allylic oxidation sites excluding steroid dienone is 1. The molecule has 0 fully saturated rings. The highest BCUT2D eigenvalue weighted by Gasteiger charge is 2.37. The number of nitrogens with two attached hydrogens (primary N) is 1.